The van der Waals surface area contributed by atoms with E-state index in [1.54, 1.807) is 0 Å². The molecule has 2 heterocycles. The van der Waals surface area contributed by atoms with Crippen molar-refractivity contribution in [3.63, 3.8) is 0 Å². The van der Waals surface area contributed by atoms with Gasteiger partial charge in [-0.05, 0) is 97.6 Å². The number of nitriles is 1. The fourth-order valence-corrected chi connectivity index (χ4v) is 10.6. The van der Waals surface area contributed by atoms with Crippen molar-refractivity contribution in [2.75, 3.05) is 0 Å². The molecule has 0 spiro atoms. The van der Waals surface area contributed by atoms with Crippen LogP contribution >= 0.6 is 0 Å². The molecule has 0 amide bonds. The highest BCUT2D eigenvalue weighted by atomic mass is 14.9. The van der Waals surface area contributed by atoms with Gasteiger partial charge in [-0.3, -0.25) is 0 Å². The van der Waals surface area contributed by atoms with Crippen molar-refractivity contribution >= 4 is 5.69 Å². The van der Waals surface area contributed by atoms with E-state index in [9.17, 15) is 5.26 Å². The molecule has 0 radical (unpaired) electrons. The molecule has 0 saturated carbocycles. The summed E-state index contributed by atoms with van der Waals surface area (Å²) in [6.07, 6.45) is 0. The fraction of sp³-hybridized carbons (Fsp3) is 0.0303. The zero-order chi connectivity index (χ0) is 48.1. The summed E-state index contributed by atoms with van der Waals surface area (Å²) < 4.78 is 0. The summed E-state index contributed by atoms with van der Waals surface area (Å²) >= 11 is 0. The molecule has 6 nitrogen and oxygen atoms in total. The van der Waals surface area contributed by atoms with Gasteiger partial charge < -0.3 is 0 Å². The predicted molar refractivity (Wildman–Crippen MR) is 287 cm³/mol. The van der Waals surface area contributed by atoms with E-state index in [1.807, 2.05) is 121 Å². The van der Waals surface area contributed by atoms with Crippen molar-refractivity contribution in [3.05, 3.63) is 281 Å². The largest absolute Gasteiger partial charge is 0.238 e. The molecule has 11 aromatic rings. The van der Waals surface area contributed by atoms with Gasteiger partial charge in [-0.1, -0.05) is 194 Å². The van der Waals surface area contributed by atoms with Crippen LogP contribution in [-0.2, 0) is 0 Å². The van der Waals surface area contributed by atoms with E-state index in [0.29, 0.717) is 22.9 Å². The highest BCUT2D eigenvalue weighted by Crippen LogP contribution is 2.57. The van der Waals surface area contributed by atoms with Crippen molar-refractivity contribution in [1.82, 2.24) is 19.9 Å². The van der Waals surface area contributed by atoms with Crippen molar-refractivity contribution in [1.29, 1.82) is 5.26 Å². The number of rotatable bonds is 8. The smallest absolute Gasteiger partial charge is 0.187 e. The molecule has 0 N–H and O–H groups in total. The van der Waals surface area contributed by atoms with Gasteiger partial charge in [0.05, 0.1) is 41.0 Å². The second kappa shape index (κ2) is 17.6. The van der Waals surface area contributed by atoms with E-state index in [2.05, 4.69) is 120 Å². The van der Waals surface area contributed by atoms with Gasteiger partial charge in [0, 0.05) is 39.7 Å². The first-order valence-electron chi connectivity index (χ1n) is 24.0. The Balaban J connectivity index is 0.815. The lowest BCUT2D eigenvalue weighted by Crippen LogP contribution is -2.27. The average molecular weight is 917 g/mol. The Labute approximate surface area is 417 Å². The van der Waals surface area contributed by atoms with Gasteiger partial charge in [-0.15, -0.1) is 0 Å². The van der Waals surface area contributed by atoms with Gasteiger partial charge in [0.2, 0.25) is 0 Å². The molecule has 3 aliphatic carbocycles. The molecule has 334 valence electrons. The Hall–Kier alpha value is -9.88. The van der Waals surface area contributed by atoms with Crippen LogP contribution in [0.4, 0.5) is 5.69 Å². The van der Waals surface area contributed by atoms with E-state index >= 15 is 0 Å². The maximum Gasteiger partial charge on any atom is 0.187 e. The van der Waals surface area contributed by atoms with Crippen LogP contribution in [0, 0.1) is 17.9 Å². The van der Waals surface area contributed by atoms with E-state index in [0.717, 1.165) is 67.3 Å². The summed E-state index contributed by atoms with van der Waals surface area (Å²) in [7, 11) is 0. The number of nitrogens with zero attached hydrogens (tertiary/aromatic N) is 6. The van der Waals surface area contributed by atoms with Gasteiger partial charge in [0.25, 0.3) is 0 Å². The van der Waals surface area contributed by atoms with Crippen LogP contribution < -0.4 is 0 Å². The van der Waals surface area contributed by atoms with Crippen LogP contribution in [0.1, 0.15) is 50.8 Å². The van der Waals surface area contributed by atoms with E-state index in [4.69, 9.17) is 26.5 Å². The van der Waals surface area contributed by atoms with Crippen molar-refractivity contribution < 1.29 is 0 Å². The molecule has 2 bridgehead atoms. The van der Waals surface area contributed by atoms with Gasteiger partial charge in [0.1, 0.15) is 0 Å². The summed E-state index contributed by atoms with van der Waals surface area (Å²) in [5, 5.41) is 9.41. The van der Waals surface area contributed by atoms with E-state index < -0.39 is 0 Å². The molecule has 0 saturated heterocycles. The highest BCUT2D eigenvalue weighted by Gasteiger charge is 2.41. The quantitative estimate of drug-likeness (QED) is 0.142. The minimum absolute atomic E-state index is 0.119. The molecular weight excluding hydrogens is 877 g/mol. The maximum atomic E-state index is 9.41. The molecular formula is C66H40N6. The lowest BCUT2D eigenvalue weighted by Gasteiger charge is -2.42. The third-order valence-electron chi connectivity index (χ3n) is 14.2. The maximum absolute atomic E-state index is 9.41. The van der Waals surface area contributed by atoms with Crippen LogP contribution in [0.25, 0.3) is 94.9 Å². The summed E-state index contributed by atoms with van der Waals surface area (Å²) in [6, 6.07) is 82.1. The van der Waals surface area contributed by atoms with Gasteiger partial charge >= 0.3 is 0 Å². The Bertz CT molecular complexity index is 3700. The zero-order valence-electron chi connectivity index (χ0n) is 38.8. The van der Waals surface area contributed by atoms with E-state index in [-0.39, 0.29) is 11.8 Å². The van der Waals surface area contributed by atoms with Crippen LogP contribution in [0.15, 0.2) is 231 Å². The number of hydrogen-bond donors (Lipinski definition) is 0. The molecule has 3 aliphatic rings. The standard InChI is InChI=1S/C66H40N6/c1-68-52-32-28-47(29-33-52)62-39-61(71-66(72-62)49-12-6-3-7-13-49)46-26-22-43(23-27-46)51-31-35-56-58(37-51)64-54-15-9-8-14-53(54)63(56)57-36-50(30-34-55(57)64)42-20-24-45(25-21-42)60-38-59(44-18-16-41(40-67)17-19-44)69-65(70-60)48-10-4-2-5-11-48/h2-39,63-64H. The Morgan fingerprint density at radius 2 is 0.653 bits per heavy atom. The van der Waals surface area contributed by atoms with Crippen molar-refractivity contribution in [2.24, 2.45) is 0 Å². The first-order valence-corrected chi connectivity index (χ1v) is 24.0. The number of aromatic nitrogens is 4. The predicted octanol–water partition coefficient (Wildman–Crippen LogP) is 16.0. The second-order valence-electron chi connectivity index (χ2n) is 18.3. The summed E-state index contributed by atoms with van der Waals surface area (Å²) in [5.41, 5.74) is 23.1. The molecule has 0 aliphatic heterocycles. The normalized spacial score (nSPS) is 13.8. The average Bonchev–Trinajstić information content (AvgIpc) is 3.47. The Morgan fingerprint density at radius 1 is 0.319 bits per heavy atom. The van der Waals surface area contributed by atoms with Crippen molar-refractivity contribution in [3.8, 4) is 96.1 Å². The minimum atomic E-state index is 0.119. The van der Waals surface area contributed by atoms with Crippen LogP contribution in [0.5, 0.6) is 0 Å². The summed E-state index contributed by atoms with van der Waals surface area (Å²) in [6.45, 7) is 7.42. The minimum Gasteiger partial charge on any atom is -0.238 e. The van der Waals surface area contributed by atoms with Gasteiger partial charge in [0.15, 0.2) is 17.3 Å². The van der Waals surface area contributed by atoms with E-state index in [1.165, 1.54) is 44.5 Å². The molecule has 2 aromatic heterocycles. The summed E-state index contributed by atoms with van der Waals surface area (Å²) in [4.78, 5) is 23.6. The molecule has 2 unspecified atom stereocenters. The van der Waals surface area contributed by atoms with Crippen LogP contribution in [0.3, 0.4) is 0 Å². The molecule has 14 rings (SSSR count). The molecule has 72 heavy (non-hydrogen) atoms. The highest BCUT2D eigenvalue weighted by molar-refractivity contribution is 5.80. The molecule has 2 atom stereocenters. The first-order chi connectivity index (χ1) is 35.5. The lowest BCUT2D eigenvalue weighted by atomic mass is 9.60. The van der Waals surface area contributed by atoms with Crippen LogP contribution in [0.2, 0.25) is 0 Å². The lowest BCUT2D eigenvalue weighted by molar-refractivity contribution is 0.755. The zero-order valence-corrected chi connectivity index (χ0v) is 38.8. The molecule has 9 aromatic carbocycles. The number of benzene rings is 9. The second-order valence-corrected chi connectivity index (χ2v) is 18.3. The Kier molecular flexibility index (Phi) is 10.3. The van der Waals surface area contributed by atoms with Crippen LogP contribution in [-0.4, -0.2) is 19.9 Å². The SMILES string of the molecule is [C-]#[N+]c1ccc(-c2cc(-c3ccc(-c4ccc5c(c4)C4c6ccccc6C5c5cc(-c6ccc(-c7cc(-c8ccc(C#N)cc8)nc(-c8ccccc8)n7)cc6)ccc54)cc3)nc(-c3ccccc3)n2)cc1. The summed E-state index contributed by atoms with van der Waals surface area (Å²) in [5.74, 6) is 1.55. The first kappa shape index (κ1) is 42.2. The Morgan fingerprint density at radius 3 is 1.04 bits per heavy atom. The topological polar surface area (TPSA) is 79.7 Å². The third-order valence-corrected chi connectivity index (χ3v) is 14.2. The molecule has 0 fully saturated rings. The monoisotopic (exact) mass is 916 g/mol. The number of hydrogen-bond acceptors (Lipinski definition) is 5. The molecule has 6 heteroatoms. The van der Waals surface area contributed by atoms with Gasteiger partial charge in [-0.2, -0.15) is 5.26 Å². The third kappa shape index (κ3) is 7.52. The van der Waals surface area contributed by atoms with Gasteiger partial charge in [-0.25, -0.2) is 24.8 Å². The fourth-order valence-electron chi connectivity index (χ4n) is 10.6. The van der Waals surface area contributed by atoms with Crippen molar-refractivity contribution in [2.45, 2.75) is 11.8 Å².